The molecule has 0 aliphatic rings. The number of aromatic nitrogens is 10. The number of carbonyl (C=O) groups is 2. The van der Waals surface area contributed by atoms with Gasteiger partial charge in [-0.25, -0.2) is 4.79 Å². The van der Waals surface area contributed by atoms with E-state index in [-0.39, 0.29) is 35.5 Å². The van der Waals surface area contributed by atoms with Gasteiger partial charge in [0.2, 0.25) is 11.9 Å². The highest BCUT2D eigenvalue weighted by atomic mass is 16.2. The van der Waals surface area contributed by atoms with E-state index in [0.717, 1.165) is 36.8 Å². The van der Waals surface area contributed by atoms with Crippen LogP contribution in [0, 0.1) is 0 Å². The number of hydrogen-bond donors (Lipinski definition) is 3. The molecule has 0 aliphatic heterocycles. The first-order valence-electron chi connectivity index (χ1n) is 11.3. The molecular formula is C18H26N16O2. The molecule has 0 atom stereocenters. The Labute approximate surface area is 204 Å². The number of hydrogen-bond acceptors (Lipinski definition) is 12. The van der Waals surface area contributed by atoms with Crippen LogP contribution in [0.5, 0.6) is 0 Å². The van der Waals surface area contributed by atoms with E-state index < -0.39 is 6.03 Å². The van der Waals surface area contributed by atoms with Gasteiger partial charge < -0.3 is 15.8 Å². The van der Waals surface area contributed by atoms with Gasteiger partial charge in [-0.1, -0.05) is 26.2 Å². The van der Waals surface area contributed by atoms with Gasteiger partial charge in [0.15, 0.2) is 5.82 Å². The van der Waals surface area contributed by atoms with Crippen LogP contribution in [0.4, 0.5) is 22.6 Å². The van der Waals surface area contributed by atoms with Crippen LogP contribution < -0.4 is 16.4 Å². The number of unbranched alkanes of at least 4 members (excludes halogenated alkanes) is 4. The predicted octanol–water partition coefficient (Wildman–Crippen LogP) is 1.57. The Hall–Kier alpha value is -4.73. The molecule has 0 aliphatic carbocycles. The van der Waals surface area contributed by atoms with E-state index in [1.165, 1.54) is 4.68 Å². The van der Waals surface area contributed by atoms with E-state index in [4.69, 9.17) is 11.3 Å². The van der Waals surface area contributed by atoms with Crippen molar-refractivity contribution in [2.24, 2.45) is 5.11 Å². The van der Waals surface area contributed by atoms with Crippen LogP contribution in [-0.2, 0) is 11.2 Å². The van der Waals surface area contributed by atoms with Crippen molar-refractivity contribution in [3.05, 3.63) is 16.3 Å². The van der Waals surface area contributed by atoms with E-state index in [9.17, 15) is 9.59 Å². The third kappa shape index (κ3) is 7.13. The number of ketones is 1. The molecule has 4 N–H and O–H groups in total. The van der Waals surface area contributed by atoms with Gasteiger partial charge in [0.25, 0.3) is 17.8 Å². The Kier molecular flexibility index (Phi) is 9.10. The van der Waals surface area contributed by atoms with Crippen molar-refractivity contribution in [1.29, 1.82) is 0 Å². The van der Waals surface area contributed by atoms with E-state index in [0.29, 0.717) is 25.2 Å². The number of anilines is 2. The Morgan fingerprint density at radius 1 is 1.00 bits per heavy atom. The van der Waals surface area contributed by atoms with Crippen LogP contribution >= 0.6 is 0 Å². The molecule has 190 valence electrons. The highest BCUT2D eigenvalue weighted by molar-refractivity contribution is 5.87. The minimum absolute atomic E-state index is 0.0227. The van der Waals surface area contributed by atoms with Crippen LogP contribution in [0.1, 0.15) is 58.2 Å². The van der Waals surface area contributed by atoms with Gasteiger partial charge >= 0.3 is 6.03 Å². The number of nitrogens with zero attached hydrogens (tertiary/aromatic N) is 13. The fourth-order valence-electron chi connectivity index (χ4n) is 3.03. The first-order valence-corrected chi connectivity index (χ1v) is 11.3. The zero-order chi connectivity index (χ0) is 25.9. The minimum atomic E-state index is -0.530. The number of urea groups is 1. The summed E-state index contributed by atoms with van der Waals surface area (Å²) in [6.45, 7) is 3.91. The second kappa shape index (κ2) is 12.7. The number of nitrogens with one attached hydrogen (secondary N) is 2. The average Bonchev–Trinajstić information content (AvgIpc) is 3.43. The second-order valence-electron chi connectivity index (χ2n) is 7.59. The summed E-state index contributed by atoms with van der Waals surface area (Å²) in [6.07, 6.45) is 5.74. The van der Waals surface area contributed by atoms with Crippen LogP contribution in [0.3, 0.4) is 0 Å². The van der Waals surface area contributed by atoms with Crippen molar-refractivity contribution in [2.75, 3.05) is 17.6 Å². The lowest BCUT2D eigenvalue weighted by Crippen LogP contribution is -2.30. The normalized spacial score (nSPS) is 10.6. The Balaban J connectivity index is 1.57. The number of nitrogen functional groups attached to an aromatic ring is 1. The van der Waals surface area contributed by atoms with Crippen molar-refractivity contribution in [3.63, 3.8) is 0 Å². The maximum Gasteiger partial charge on any atom is 0.321 e. The van der Waals surface area contributed by atoms with Gasteiger partial charge in [-0.15, -0.1) is 30.6 Å². The van der Waals surface area contributed by atoms with Gasteiger partial charge in [-0.2, -0.15) is 19.3 Å². The summed E-state index contributed by atoms with van der Waals surface area (Å²) in [5, 5.41) is 32.4. The molecule has 3 aromatic heterocycles. The largest absolute Gasteiger partial charge is 0.368 e. The molecule has 3 rings (SSSR count). The first kappa shape index (κ1) is 25.9. The molecule has 0 fully saturated rings. The Morgan fingerprint density at radius 3 is 2.31 bits per heavy atom. The summed E-state index contributed by atoms with van der Waals surface area (Å²) < 4.78 is 2.16. The summed E-state index contributed by atoms with van der Waals surface area (Å²) in [5.74, 6) is 0.214. The first-order chi connectivity index (χ1) is 17.4. The van der Waals surface area contributed by atoms with E-state index >= 15 is 0 Å². The summed E-state index contributed by atoms with van der Waals surface area (Å²) in [4.78, 5) is 33.8. The van der Waals surface area contributed by atoms with Crippen molar-refractivity contribution in [2.45, 2.75) is 58.8 Å². The highest BCUT2D eigenvalue weighted by Crippen LogP contribution is 2.16. The van der Waals surface area contributed by atoms with E-state index in [1.807, 2.05) is 6.92 Å². The summed E-state index contributed by atoms with van der Waals surface area (Å²) >= 11 is 0. The molecule has 18 nitrogen and oxygen atoms in total. The smallest absolute Gasteiger partial charge is 0.321 e. The number of azide groups is 1. The molecule has 18 heteroatoms. The number of carbonyl (C=O) groups excluding carboxylic acids is 2. The van der Waals surface area contributed by atoms with Crippen molar-refractivity contribution >= 4 is 29.7 Å². The van der Waals surface area contributed by atoms with Crippen molar-refractivity contribution < 1.29 is 9.59 Å². The molecule has 0 unspecified atom stereocenters. The lowest BCUT2D eigenvalue weighted by molar-refractivity contribution is -0.117. The zero-order valence-corrected chi connectivity index (χ0v) is 19.9. The quantitative estimate of drug-likeness (QED) is 0.132. The molecule has 0 radical (unpaired) electrons. The van der Waals surface area contributed by atoms with E-state index in [1.54, 1.807) is 6.92 Å². The summed E-state index contributed by atoms with van der Waals surface area (Å²) in [6, 6.07) is -0.530. The fraction of sp³-hybridized carbons (Fsp3) is 0.556. The Morgan fingerprint density at radius 2 is 1.67 bits per heavy atom. The topological polar surface area (TPSA) is 246 Å². The number of rotatable bonds is 13. The molecule has 0 saturated carbocycles. The predicted molar refractivity (Wildman–Crippen MR) is 125 cm³/mol. The van der Waals surface area contributed by atoms with Crippen LogP contribution in [0.25, 0.3) is 22.3 Å². The number of Topliss-reactive ketones (excluding diaryl/α,β-unsaturated/α-hetero) is 1. The number of amides is 2. The van der Waals surface area contributed by atoms with Crippen LogP contribution in [0.15, 0.2) is 5.11 Å². The maximum atomic E-state index is 12.2. The SMILES string of the molecule is CCc1nc(N)n(-c2nnc(-n3nc(NC(=O)NCCCCCCCC(C)=O)nc3N=[N+]=[N-])nn2)n1. The molecule has 0 bridgehead atoms. The fourth-order valence-corrected chi connectivity index (χ4v) is 3.03. The molecule has 0 spiro atoms. The molecule has 0 aromatic carbocycles. The molecular weight excluding hydrogens is 472 g/mol. The van der Waals surface area contributed by atoms with Crippen molar-refractivity contribution in [3.8, 4) is 11.9 Å². The number of aryl methyl sites for hydroxylation is 1. The van der Waals surface area contributed by atoms with Gasteiger partial charge in [0.05, 0.1) is 0 Å². The molecule has 3 heterocycles. The van der Waals surface area contributed by atoms with Gasteiger partial charge in [0, 0.05) is 24.3 Å². The maximum absolute atomic E-state index is 12.2. The second-order valence-corrected chi connectivity index (χ2v) is 7.59. The average molecular weight is 499 g/mol. The third-order valence-electron chi connectivity index (χ3n) is 4.77. The standard InChI is InChI=1S/C18H26N16O2/c1-3-12-22-13(19)33(30-12)16-25-27-17(28-26-16)34-15(29-32-20)23-14(31-34)24-18(36)21-10-8-6-4-5-7-9-11(2)35/h3-10H2,1-2H3,(H2,19,22,30)(H2,21,24,31,36). The summed E-state index contributed by atoms with van der Waals surface area (Å²) in [7, 11) is 0. The van der Waals surface area contributed by atoms with Crippen molar-refractivity contribution in [1.82, 2.24) is 55.2 Å². The van der Waals surface area contributed by atoms with Crippen LogP contribution in [-0.4, -0.2) is 68.3 Å². The molecule has 0 saturated heterocycles. The van der Waals surface area contributed by atoms with Gasteiger partial charge in [0.1, 0.15) is 5.78 Å². The van der Waals surface area contributed by atoms with Gasteiger partial charge in [-0.05, 0) is 30.4 Å². The summed E-state index contributed by atoms with van der Waals surface area (Å²) in [5.41, 5.74) is 14.6. The van der Waals surface area contributed by atoms with Gasteiger partial charge in [-0.3, -0.25) is 5.32 Å². The minimum Gasteiger partial charge on any atom is -0.368 e. The Bertz CT molecular complexity index is 1230. The van der Waals surface area contributed by atoms with E-state index in [2.05, 4.69) is 61.2 Å². The number of nitrogens with two attached hydrogens (primary N) is 1. The molecule has 36 heavy (non-hydrogen) atoms. The lowest BCUT2D eigenvalue weighted by atomic mass is 10.1. The zero-order valence-electron chi connectivity index (χ0n) is 19.9. The molecule has 2 amide bonds. The third-order valence-corrected chi connectivity index (χ3v) is 4.77. The highest BCUT2D eigenvalue weighted by Gasteiger charge is 2.17. The molecule has 3 aromatic rings. The lowest BCUT2D eigenvalue weighted by Gasteiger charge is -2.05. The van der Waals surface area contributed by atoms with Crippen LogP contribution in [0.2, 0.25) is 0 Å². The monoisotopic (exact) mass is 498 g/mol.